The van der Waals surface area contributed by atoms with Crippen LogP contribution in [0.1, 0.15) is 49.4 Å². The molecule has 1 aromatic heterocycles. The zero-order valence-electron chi connectivity index (χ0n) is 21.1. The van der Waals surface area contributed by atoms with Crippen molar-refractivity contribution in [1.82, 2.24) is 4.57 Å². The van der Waals surface area contributed by atoms with Gasteiger partial charge in [-0.15, -0.1) is 0 Å². The number of ether oxygens (including phenoxy) is 2. The molecule has 4 aromatic rings. The first kappa shape index (κ1) is 24.7. The van der Waals surface area contributed by atoms with E-state index in [-0.39, 0.29) is 0 Å². The first-order valence-electron chi connectivity index (χ1n) is 12.9. The maximum absolute atomic E-state index is 6.02. The molecule has 0 aliphatic heterocycles. The van der Waals surface area contributed by atoms with Gasteiger partial charge >= 0.3 is 0 Å². The first-order chi connectivity index (χ1) is 17.2. The Morgan fingerprint density at radius 1 is 0.657 bits per heavy atom. The Hall–Kier alpha value is -3.46. The maximum atomic E-state index is 6.02. The highest BCUT2D eigenvalue weighted by Crippen LogP contribution is 2.26. The van der Waals surface area contributed by atoms with E-state index in [1.807, 2.05) is 18.2 Å². The van der Waals surface area contributed by atoms with Crippen LogP contribution in [0.2, 0.25) is 0 Å². The molecule has 3 heteroatoms. The summed E-state index contributed by atoms with van der Waals surface area (Å²) in [5.74, 6) is 1.84. The molecule has 3 aromatic carbocycles. The SMILES string of the molecule is CCCCCc1ccc(OCCCn2c(C)ccc2-c2ccc(OCc3ccccc3)cc2)cc1. The van der Waals surface area contributed by atoms with E-state index in [9.17, 15) is 0 Å². The number of rotatable bonds is 13. The third-order valence-corrected chi connectivity index (χ3v) is 6.38. The lowest BCUT2D eigenvalue weighted by Gasteiger charge is -2.13. The van der Waals surface area contributed by atoms with Crippen LogP contribution in [0, 0.1) is 6.92 Å². The Balaban J connectivity index is 1.27. The summed E-state index contributed by atoms with van der Waals surface area (Å²) in [4.78, 5) is 0. The van der Waals surface area contributed by atoms with E-state index in [1.165, 1.54) is 47.3 Å². The predicted octanol–water partition coefficient (Wildman–Crippen LogP) is 8.24. The van der Waals surface area contributed by atoms with Crippen molar-refractivity contribution >= 4 is 0 Å². The Morgan fingerprint density at radius 2 is 1.37 bits per heavy atom. The van der Waals surface area contributed by atoms with Crippen LogP contribution in [0.15, 0.2) is 91.0 Å². The highest BCUT2D eigenvalue weighted by atomic mass is 16.5. The molecular weight excluding hydrogens is 430 g/mol. The molecular formula is C32H37NO2. The average molecular weight is 468 g/mol. The van der Waals surface area contributed by atoms with Gasteiger partial charge in [0.1, 0.15) is 18.1 Å². The minimum Gasteiger partial charge on any atom is -0.494 e. The molecule has 0 aliphatic rings. The Bertz CT molecular complexity index is 1140. The number of hydrogen-bond donors (Lipinski definition) is 0. The summed E-state index contributed by atoms with van der Waals surface area (Å²) in [7, 11) is 0. The molecule has 0 bridgehead atoms. The van der Waals surface area contributed by atoms with E-state index in [1.54, 1.807) is 0 Å². The van der Waals surface area contributed by atoms with E-state index < -0.39 is 0 Å². The van der Waals surface area contributed by atoms with Gasteiger partial charge in [-0.1, -0.05) is 62.2 Å². The Labute approximate surface area is 210 Å². The van der Waals surface area contributed by atoms with Crippen molar-refractivity contribution < 1.29 is 9.47 Å². The molecule has 1 heterocycles. The molecule has 0 amide bonds. The molecule has 0 atom stereocenters. The minimum atomic E-state index is 0.581. The second-order valence-electron chi connectivity index (χ2n) is 9.11. The highest BCUT2D eigenvalue weighted by Gasteiger charge is 2.08. The van der Waals surface area contributed by atoms with Gasteiger partial charge in [-0.3, -0.25) is 0 Å². The van der Waals surface area contributed by atoms with Gasteiger partial charge in [0.05, 0.1) is 6.61 Å². The summed E-state index contributed by atoms with van der Waals surface area (Å²) in [5.41, 5.74) is 6.26. The fraction of sp³-hybridized carbons (Fsp3) is 0.312. The van der Waals surface area contributed by atoms with Gasteiger partial charge in [0, 0.05) is 17.9 Å². The maximum Gasteiger partial charge on any atom is 0.119 e. The molecule has 182 valence electrons. The zero-order valence-corrected chi connectivity index (χ0v) is 21.1. The van der Waals surface area contributed by atoms with E-state index in [0.29, 0.717) is 13.2 Å². The number of benzene rings is 3. The van der Waals surface area contributed by atoms with Crippen molar-refractivity contribution in [2.45, 2.75) is 59.1 Å². The van der Waals surface area contributed by atoms with Gasteiger partial charge < -0.3 is 14.0 Å². The van der Waals surface area contributed by atoms with Crippen LogP contribution in [0.25, 0.3) is 11.3 Å². The molecule has 0 N–H and O–H groups in total. The first-order valence-corrected chi connectivity index (χ1v) is 12.9. The van der Waals surface area contributed by atoms with Gasteiger partial charge in [-0.25, -0.2) is 0 Å². The van der Waals surface area contributed by atoms with Crippen molar-refractivity contribution in [3.05, 3.63) is 108 Å². The quantitative estimate of drug-likeness (QED) is 0.185. The van der Waals surface area contributed by atoms with Gasteiger partial charge in [-0.05, 0) is 91.4 Å². The van der Waals surface area contributed by atoms with E-state index in [4.69, 9.17) is 9.47 Å². The number of aryl methyl sites for hydroxylation is 2. The van der Waals surface area contributed by atoms with E-state index >= 15 is 0 Å². The predicted molar refractivity (Wildman–Crippen MR) is 145 cm³/mol. The van der Waals surface area contributed by atoms with Crippen molar-refractivity contribution in [2.75, 3.05) is 6.61 Å². The largest absolute Gasteiger partial charge is 0.494 e. The topological polar surface area (TPSA) is 23.4 Å². The summed E-state index contributed by atoms with van der Waals surface area (Å²) < 4.78 is 14.3. The lowest BCUT2D eigenvalue weighted by Crippen LogP contribution is -2.07. The zero-order chi connectivity index (χ0) is 24.3. The average Bonchev–Trinajstić information content (AvgIpc) is 3.27. The van der Waals surface area contributed by atoms with E-state index in [0.717, 1.165) is 30.9 Å². The highest BCUT2D eigenvalue weighted by molar-refractivity contribution is 5.62. The molecule has 0 radical (unpaired) electrons. The standard InChI is InChI=1S/C32H37NO2/c1-3-4-6-10-27-14-18-30(19-15-27)34-24-9-23-33-26(2)13-22-32(33)29-16-20-31(21-17-29)35-25-28-11-7-5-8-12-28/h5,7-8,11-22H,3-4,6,9-10,23-25H2,1-2H3. The van der Waals surface area contributed by atoms with Gasteiger partial charge in [0.15, 0.2) is 0 Å². The van der Waals surface area contributed by atoms with Crippen LogP contribution in [-0.4, -0.2) is 11.2 Å². The second-order valence-corrected chi connectivity index (χ2v) is 9.11. The van der Waals surface area contributed by atoms with Gasteiger partial charge in [0.25, 0.3) is 0 Å². The molecule has 35 heavy (non-hydrogen) atoms. The number of hydrogen-bond acceptors (Lipinski definition) is 2. The number of aromatic nitrogens is 1. The Morgan fingerprint density at radius 3 is 2.11 bits per heavy atom. The third kappa shape index (κ3) is 7.26. The van der Waals surface area contributed by atoms with Crippen LogP contribution >= 0.6 is 0 Å². The van der Waals surface area contributed by atoms with Crippen LogP contribution in [0.4, 0.5) is 0 Å². The van der Waals surface area contributed by atoms with Crippen molar-refractivity contribution in [1.29, 1.82) is 0 Å². The van der Waals surface area contributed by atoms with Crippen molar-refractivity contribution in [2.24, 2.45) is 0 Å². The fourth-order valence-corrected chi connectivity index (χ4v) is 4.33. The minimum absolute atomic E-state index is 0.581. The van der Waals surface area contributed by atoms with E-state index in [2.05, 4.69) is 91.2 Å². The van der Waals surface area contributed by atoms with Gasteiger partial charge in [-0.2, -0.15) is 0 Å². The molecule has 4 rings (SSSR count). The number of nitrogens with zero attached hydrogens (tertiary/aromatic N) is 1. The summed E-state index contributed by atoms with van der Waals surface area (Å²) in [6.07, 6.45) is 5.94. The molecule has 0 fully saturated rings. The van der Waals surface area contributed by atoms with Crippen molar-refractivity contribution in [3.8, 4) is 22.8 Å². The molecule has 3 nitrogen and oxygen atoms in total. The molecule has 0 spiro atoms. The second kappa shape index (κ2) is 12.9. The monoisotopic (exact) mass is 467 g/mol. The van der Waals surface area contributed by atoms with Gasteiger partial charge in [0.2, 0.25) is 0 Å². The number of unbranched alkanes of at least 4 members (excludes halogenated alkanes) is 2. The van der Waals surface area contributed by atoms with Crippen LogP contribution in [0.5, 0.6) is 11.5 Å². The molecule has 0 aliphatic carbocycles. The summed E-state index contributed by atoms with van der Waals surface area (Å²) in [5, 5.41) is 0. The summed E-state index contributed by atoms with van der Waals surface area (Å²) >= 11 is 0. The molecule has 0 saturated heterocycles. The van der Waals surface area contributed by atoms with Crippen molar-refractivity contribution in [3.63, 3.8) is 0 Å². The fourth-order valence-electron chi connectivity index (χ4n) is 4.33. The molecule has 0 unspecified atom stereocenters. The smallest absolute Gasteiger partial charge is 0.119 e. The summed E-state index contributed by atoms with van der Waals surface area (Å²) in [6, 6.07) is 31.7. The Kier molecular flexibility index (Phi) is 9.05. The lowest BCUT2D eigenvalue weighted by molar-refractivity contribution is 0.301. The van der Waals surface area contributed by atoms with Crippen LogP contribution < -0.4 is 9.47 Å². The third-order valence-electron chi connectivity index (χ3n) is 6.38. The normalized spacial score (nSPS) is 10.9. The summed E-state index contributed by atoms with van der Waals surface area (Å²) in [6.45, 7) is 6.62. The van der Waals surface area contributed by atoms with Crippen LogP contribution in [-0.2, 0) is 19.6 Å². The molecule has 0 saturated carbocycles. The lowest BCUT2D eigenvalue weighted by atomic mass is 10.1. The van der Waals surface area contributed by atoms with Crippen LogP contribution in [0.3, 0.4) is 0 Å².